The van der Waals surface area contributed by atoms with Gasteiger partial charge in [-0.05, 0) is 66.8 Å². The van der Waals surface area contributed by atoms with Crippen molar-refractivity contribution in [2.45, 2.75) is 45.2 Å². The molecule has 2 heterocycles. The molecular weight excluding hydrogens is 346 g/mol. The van der Waals surface area contributed by atoms with E-state index in [0.29, 0.717) is 5.92 Å². The Morgan fingerprint density at radius 3 is 3.00 bits per heavy atom. The number of rotatable bonds is 6. The minimum Gasteiger partial charge on any atom is -0.497 e. The molecule has 4 heteroatoms. The molecule has 1 aliphatic heterocycles. The molecule has 0 radical (unpaired) electrons. The molecule has 0 saturated carbocycles. The van der Waals surface area contributed by atoms with Crippen LogP contribution in [0.1, 0.15) is 66.7 Å². The first kappa shape index (κ1) is 18.9. The molecule has 2 aromatic rings. The summed E-state index contributed by atoms with van der Waals surface area (Å²) in [5.41, 5.74) is 8.27. The molecule has 1 aromatic heterocycles. The molecule has 0 saturated heterocycles. The number of nitrogens with zero attached hydrogens (tertiary/aromatic N) is 1. The SMILES string of the molecule is CCC1CC=C(CNC(C)c2cccc(OC)c2)c2[nH]c3c(c21)C=CN(C)C3. The van der Waals surface area contributed by atoms with E-state index in [9.17, 15) is 0 Å². The molecule has 2 N–H and O–H groups in total. The summed E-state index contributed by atoms with van der Waals surface area (Å²) in [6.07, 6.45) is 9.22. The first-order chi connectivity index (χ1) is 13.6. The van der Waals surface area contributed by atoms with Crippen LogP contribution in [0.2, 0.25) is 0 Å². The number of aromatic nitrogens is 1. The van der Waals surface area contributed by atoms with Crippen LogP contribution in [0.25, 0.3) is 11.6 Å². The van der Waals surface area contributed by atoms with E-state index in [2.05, 4.69) is 72.6 Å². The Morgan fingerprint density at radius 2 is 2.21 bits per heavy atom. The molecule has 148 valence electrons. The number of aromatic amines is 1. The van der Waals surface area contributed by atoms with E-state index >= 15 is 0 Å². The van der Waals surface area contributed by atoms with Crippen LogP contribution < -0.4 is 10.1 Å². The number of fused-ring (bicyclic) bond motifs is 3. The van der Waals surface area contributed by atoms with Gasteiger partial charge in [-0.3, -0.25) is 0 Å². The number of nitrogens with one attached hydrogen (secondary N) is 2. The fourth-order valence-electron chi connectivity index (χ4n) is 4.41. The van der Waals surface area contributed by atoms with Gasteiger partial charge in [0.25, 0.3) is 0 Å². The highest BCUT2D eigenvalue weighted by Gasteiger charge is 2.28. The van der Waals surface area contributed by atoms with E-state index in [4.69, 9.17) is 4.74 Å². The molecule has 0 fully saturated rings. The molecule has 0 amide bonds. The highest BCUT2D eigenvalue weighted by molar-refractivity contribution is 5.76. The molecule has 28 heavy (non-hydrogen) atoms. The van der Waals surface area contributed by atoms with Gasteiger partial charge in [-0.25, -0.2) is 0 Å². The van der Waals surface area contributed by atoms with Crippen molar-refractivity contribution in [3.05, 3.63) is 64.6 Å². The molecule has 4 rings (SSSR count). The monoisotopic (exact) mass is 377 g/mol. The van der Waals surface area contributed by atoms with Crippen molar-refractivity contribution >= 4 is 11.6 Å². The zero-order valence-electron chi connectivity index (χ0n) is 17.4. The Hall–Kier alpha value is -2.46. The second-order valence-electron chi connectivity index (χ2n) is 7.99. The lowest BCUT2D eigenvalue weighted by Gasteiger charge is -2.25. The van der Waals surface area contributed by atoms with Gasteiger partial charge >= 0.3 is 0 Å². The van der Waals surface area contributed by atoms with Crippen LogP contribution in [0.15, 0.2) is 36.5 Å². The van der Waals surface area contributed by atoms with Crippen LogP contribution in [-0.4, -0.2) is 30.6 Å². The molecule has 2 atom stereocenters. The summed E-state index contributed by atoms with van der Waals surface area (Å²) in [5.74, 6) is 1.52. The topological polar surface area (TPSA) is 40.3 Å². The van der Waals surface area contributed by atoms with E-state index < -0.39 is 0 Å². The molecule has 4 nitrogen and oxygen atoms in total. The minimum atomic E-state index is 0.263. The lowest BCUT2D eigenvalue weighted by molar-refractivity contribution is 0.413. The van der Waals surface area contributed by atoms with E-state index in [1.54, 1.807) is 7.11 Å². The standard InChI is InChI=1S/C24H31N3O/c1-5-17-9-10-19(14-25-16(2)18-7-6-8-20(13-18)28-4)24-23(17)21-11-12-27(3)15-22(21)26-24/h6-8,10-13,16-17,25-26H,5,9,14-15H2,1-4H3. The van der Waals surface area contributed by atoms with Crippen molar-refractivity contribution in [2.75, 3.05) is 20.7 Å². The molecule has 1 aliphatic carbocycles. The molecule has 2 unspecified atom stereocenters. The van der Waals surface area contributed by atoms with E-state index in [0.717, 1.165) is 25.3 Å². The van der Waals surface area contributed by atoms with Crippen molar-refractivity contribution in [1.29, 1.82) is 0 Å². The summed E-state index contributed by atoms with van der Waals surface area (Å²) >= 11 is 0. The first-order valence-corrected chi connectivity index (χ1v) is 10.3. The molecule has 0 spiro atoms. The van der Waals surface area contributed by atoms with Gasteiger partial charge in [-0.1, -0.05) is 25.1 Å². The van der Waals surface area contributed by atoms with Gasteiger partial charge in [-0.2, -0.15) is 0 Å². The van der Waals surface area contributed by atoms with Crippen LogP contribution in [0.3, 0.4) is 0 Å². The van der Waals surface area contributed by atoms with Crippen LogP contribution in [0.5, 0.6) is 5.75 Å². The summed E-state index contributed by atoms with van der Waals surface area (Å²) in [7, 11) is 3.85. The van der Waals surface area contributed by atoms with Crippen LogP contribution in [0.4, 0.5) is 0 Å². The number of benzene rings is 1. The molecular formula is C24H31N3O. The van der Waals surface area contributed by atoms with Crippen LogP contribution in [0, 0.1) is 0 Å². The fraction of sp³-hybridized carbons (Fsp3) is 0.417. The third kappa shape index (κ3) is 3.49. The van der Waals surface area contributed by atoms with Gasteiger partial charge in [-0.15, -0.1) is 0 Å². The summed E-state index contributed by atoms with van der Waals surface area (Å²) < 4.78 is 5.37. The number of methoxy groups -OCH3 is 1. The van der Waals surface area contributed by atoms with Crippen LogP contribution >= 0.6 is 0 Å². The Bertz CT molecular complexity index is 909. The maximum atomic E-state index is 5.37. The fourth-order valence-corrected chi connectivity index (χ4v) is 4.41. The number of ether oxygens (including phenoxy) is 1. The average molecular weight is 378 g/mol. The van der Waals surface area contributed by atoms with Crippen molar-refractivity contribution in [3.8, 4) is 5.75 Å². The predicted molar refractivity (Wildman–Crippen MR) is 116 cm³/mol. The third-order valence-electron chi connectivity index (χ3n) is 6.13. The highest BCUT2D eigenvalue weighted by atomic mass is 16.5. The number of hydrogen-bond acceptors (Lipinski definition) is 3. The van der Waals surface area contributed by atoms with Crippen LogP contribution in [-0.2, 0) is 6.54 Å². The Labute approximate surface area is 168 Å². The predicted octanol–water partition coefficient (Wildman–Crippen LogP) is 5.07. The van der Waals surface area contributed by atoms with E-state index in [1.165, 1.54) is 40.1 Å². The highest BCUT2D eigenvalue weighted by Crippen LogP contribution is 2.41. The van der Waals surface area contributed by atoms with Crippen molar-refractivity contribution in [2.24, 2.45) is 0 Å². The maximum Gasteiger partial charge on any atom is 0.119 e. The number of H-pyrrole nitrogens is 1. The van der Waals surface area contributed by atoms with Gasteiger partial charge < -0.3 is 19.9 Å². The smallest absolute Gasteiger partial charge is 0.119 e. The zero-order chi connectivity index (χ0) is 19.7. The minimum absolute atomic E-state index is 0.263. The first-order valence-electron chi connectivity index (χ1n) is 10.3. The largest absolute Gasteiger partial charge is 0.497 e. The number of hydrogen-bond donors (Lipinski definition) is 2. The Morgan fingerprint density at radius 1 is 1.36 bits per heavy atom. The average Bonchev–Trinajstić information content (AvgIpc) is 3.10. The van der Waals surface area contributed by atoms with E-state index in [1.807, 2.05) is 6.07 Å². The maximum absolute atomic E-state index is 5.37. The Kier molecular flexibility index (Phi) is 5.31. The summed E-state index contributed by atoms with van der Waals surface area (Å²) in [5, 5.41) is 3.71. The summed E-state index contributed by atoms with van der Waals surface area (Å²) in [6.45, 7) is 6.33. The van der Waals surface area contributed by atoms with Gasteiger partial charge in [0.05, 0.1) is 13.7 Å². The van der Waals surface area contributed by atoms with Crippen molar-refractivity contribution < 1.29 is 4.74 Å². The lowest BCUT2D eigenvalue weighted by Crippen LogP contribution is -2.22. The molecule has 2 aliphatic rings. The van der Waals surface area contributed by atoms with Gasteiger partial charge in [0.2, 0.25) is 0 Å². The van der Waals surface area contributed by atoms with Crippen molar-refractivity contribution in [3.63, 3.8) is 0 Å². The van der Waals surface area contributed by atoms with Gasteiger partial charge in [0, 0.05) is 36.6 Å². The van der Waals surface area contributed by atoms with Crippen molar-refractivity contribution in [1.82, 2.24) is 15.2 Å². The quantitative estimate of drug-likeness (QED) is 0.738. The second kappa shape index (κ2) is 7.88. The third-order valence-corrected chi connectivity index (χ3v) is 6.13. The van der Waals surface area contributed by atoms with Gasteiger partial charge in [0.15, 0.2) is 0 Å². The zero-order valence-corrected chi connectivity index (χ0v) is 17.4. The molecule has 1 aromatic carbocycles. The normalized spacial score (nSPS) is 19.1. The summed E-state index contributed by atoms with van der Waals surface area (Å²) in [6, 6.07) is 8.57. The lowest BCUT2D eigenvalue weighted by atomic mass is 9.82. The Balaban J connectivity index is 1.55. The summed E-state index contributed by atoms with van der Waals surface area (Å²) in [4.78, 5) is 5.99. The molecule has 0 bridgehead atoms. The second-order valence-corrected chi connectivity index (χ2v) is 7.99. The van der Waals surface area contributed by atoms with Gasteiger partial charge in [0.1, 0.15) is 5.75 Å². The number of allylic oxidation sites excluding steroid dienone is 1. The van der Waals surface area contributed by atoms with E-state index in [-0.39, 0.29) is 6.04 Å².